The number of Topliss-reactive ketones (excluding diaryl/α,β-unsaturated/α-hetero) is 1. The van der Waals surface area contributed by atoms with E-state index in [0.717, 1.165) is 46.7 Å². The fourth-order valence-corrected chi connectivity index (χ4v) is 8.44. The summed E-state index contributed by atoms with van der Waals surface area (Å²) in [4.78, 5) is 29.3. The number of methoxy groups -OCH3 is 1. The molecule has 1 aliphatic rings. The quantitative estimate of drug-likeness (QED) is 0.0272. The van der Waals surface area contributed by atoms with E-state index in [9.17, 15) is 14.7 Å². The van der Waals surface area contributed by atoms with Gasteiger partial charge >= 0.3 is 5.91 Å². The highest BCUT2D eigenvalue weighted by atomic mass is 32.2. The van der Waals surface area contributed by atoms with Gasteiger partial charge in [-0.3, -0.25) is 14.5 Å². The number of unbranched alkanes of at least 4 members (excludes halogenated alkanes) is 2. The Morgan fingerprint density at radius 3 is 2.42 bits per heavy atom. The van der Waals surface area contributed by atoms with Crippen LogP contribution in [0.4, 0.5) is 5.13 Å². The van der Waals surface area contributed by atoms with Crippen LogP contribution in [0, 0.1) is 6.92 Å². The molecule has 1 aromatic heterocycles. The minimum Gasteiger partial charge on any atom is -0.507 e. The molecule has 1 fully saturated rings. The van der Waals surface area contributed by atoms with Gasteiger partial charge < -0.3 is 19.3 Å². The van der Waals surface area contributed by atoms with Crippen molar-refractivity contribution in [2.24, 2.45) is 0 Å². The van der Waals surface area contributed by atoms with E-state index < -0.39 is 17.7 Å². The maximum Gasteiger partial charge on any atom is 0.301 e. The highest BCUT2D eigenvalue weighted by molar-refractivity contribution is 8.00. The van der Waals surface area contributed by atoms with Gasteiger partial charge in [0.2, 0.25) is 5.13 Å². The van der Waals surface area contributed by atoms with Crippen molar-refractivity contribution < 1.29 is 28.9 Å². The zero-order valence-corrected chi connectivity index (χ0v) is 32.5. The molecule has 0 spiro atoms. The third-order valence-electron chi connectivity index (χ3n) is 9.57. The van der Waals surface area contributed by atoms with Crippen molar-refractivity contribution in [2.75, 3.05) is 18.6 Å². The Kier molecular flexibility index (Phi) is 11.8. The number of aryl methyl sites for hydroxylation is 1. The number of hydrogen-bond donors (Lipinski definition) is 1. The summed E-state index contributed by atoms with van der Waals surface area (Å²) in [5.41, 5.74) is 4.16. The number of ether oxygens (including phenoxy) is 3. The molecular formula is C44H41N3O6S2. The molecule has 11 heteroatoms. The summed E-state index contributed by atoms with van der Waals surface area (Å²) in [7, 11) is 1.54. The third-order valence-corrected chi connectivity index (χ3v) is 11.7. The summed E-state index contributed by atoms with van der Waals surface area (Å²) in [6.45, 7) is 5.07. The molecule has 1 atom stereocenters. The number of aliphatic hydroxyl groups excluding tert-OH is 1. The second kappa shape index (κ2) is 17.2. The van der Waals surface area contributed by atoms with Crippen LogP contribution in [0.5, 0.6) is 17.2 Å². The van der Waals surface area contributed by atoms with Crippen molar-refractivity contribution in [3.63, 3.8) is 0 Å². The van der Waals surface area contributed by atoms with Gasteiger partial charge in [0.1, 0.15) is 18.1 Å². The Hall–Kier alpha value is -5.65. The van der Waals surface area contributed by atoms with Crippen LogP contribution in [-0.2, 0) is 21.9 Å². The molecule has 0 aliphatic carbocycles. The topological polar surface area (TPSA) is 111 Å². The van der Waals surface area contributed by atoms with Crippen LogP contribution in [-0.4, -0.2) is 40.7 Å². The number of nitrogens with zero attached hydrogens (tertiary/aromatic N) is 3. The Morgan fingerprint density at radius 1 is 0.855 bits per heavy atom. The first kappa shape index (κ1) is 37.7. The van der Waals surface area contributed by atoms with Gasteiger partial charge in [-0.25, -0.2) is 0 Å². The van der Waals surface area contributed by atoms with E-state index >= 15 is 0 Å². The number of thioether (sulfide) groups is 1. The number of ketones is 1. The van der Waals surface area contributed by atoms with Crippen LogP contribution in [0.1, 0.15) is 60.0 Å². The third kappa shape index (κ3) is 8.23. The first-order valence-electron chi connectivity index (χ1n) is 18.2. The summed E-state index contributed by atoms with van der Waals surface area (Å²) in [6.07, 6.45) is 3.00. The van der Waals surface area contributed by atoms with Gasteiger partial charge in [-0.1, -0.05) is 116 Å². The van der Waals surface area contributed by atoms with Gasteiger partial charge in [0.15, 0.2) is 15.8 Å². The first-order valence-corrected chi connectivity index (χ1v) is 20.0. The van der Waals surface area contributed by atoms with E-state index in [1.165, 1.54) is 28.0 Å². The predicted molar refractivity (Wildman–Crippen MR) is 218 cm³/mol. The van der Waals surface area contributed by atoms with Gasteiger partial charge in [0, 0.05) is 11.3 Å². The smallest absolute Gasteiger partial charge is 0.301 e. The van der Waals surface area contributed by atoms with Gasteiger partial charge in [0.05, 0.1) is 25.3 Å². The number of hydrogen-bond acceptors (Lipinski definition) is 10. The molecule has 280 valence electrons. The molecule has 1 aliphatic heterocycles. The van der Waals surface area contributed by atoms with E-state index in [4.69, 9.17) is 14.2 Å². The largest absolute Gasteiger partial charge is 0.507 e. The van der Waals surface area contributed by atoms with Gasteiger partial charge in [0.25, 0.3) is 5.78 Å². The van der Waals surface area contributed by atoms with Crippen molar-refractivity contribution >= 4 is 56.5 Å². The molecule has 1 saturated heterocycles. The molecule has 0 saturated carbocycles. The van der Waals surface area contributed by atoms with Crippen LogP contribution in [0.2, 0.25) is 0 Å². The number of carbonyl (C=O) groups is 2. The lowest BCUT2D eigenvalue weighted by molar-refractivity contribution is -0.132. The molecule has 1 amide bonds. The maximum absolute atomic E-state index is 14.0. The lowest BCUT2D eigenvalue weighted by Gasteiger charge is -2.23. The lowest BCUT2D eigenvalue weighted by Crippen LogP contribution is -2.29. The van der Waals surface area contributed by atoms with Crippen LogP contribution in [0.25, 0.3) is 16.5 Å². The van der Waals surface area contributed by atoms with E-state index in [0.29, 0.717) is 51.7 Å². The highest BCUT2D eigenvalue weighted by Crippen LogP contribution is 2.46. The monoisotopic (exact) mass is 771 g/mol. The summed E-state index contributed by atoms with van der Waals surface area (Å²) < 4.78 is 18.4. The van der Waals surface area contributed by atoms with Gasteiger partial charge in [-0.15, -0.1) is 10.2 Å². The molecular weight excluding hydrogens is 731 g/mol. The molecule has 0 radical (unpaired) electrons. The number of aliphatic hydroxyl groups is 1. The molecule has 5 aromatic carbocycles. The molecule has 1 N–H and O–H groups in total. The Bertz CT molecular complexity index is 2350. The molecule has 2 heterocycles. The zero-order valence-electron chi connectivity index (χ0n) is 30.9. The molecule has 0 bridgehead atoms. The average molecular weight is 772 g/mol. The SMILES string of the molecule is CCCCCOc1ccc(C2C(=C(O)c3ccc(OCc4ccccc4C)cc3)C(=O)C(=O)N2c2nnc(SCc3cccc4ccccc34)s2)cc1OC. The van der Waals surface area contributed by atoms with Crippen LogP contribution >= 0.6 is 23.1 Å². The summed E-state index contributed by atoms with van der Waals surface area (Å²) >= 11 is 2.73. The lowest BCUT2D eigenvalue weighted by atomic mass is 9.95. The van der Waals surface area contributed by atoms with E-state index in [1.807, 2.05) is 49.4 Å². The summed E-state index contributed by atoms with van der Waals surface area (Å²) in [6, 6.07) is 33.5. The van der Waals surface area contributed by atoms with E-state index in [1.54, 1.807) is 49.6 Å². The maximum atomic E-state index is 14.0. The number of fused-ring (bicyclic) bond motifs is 1. The fraction of sp³-hybridized carbons (Fsp3) is 0.227. The number of amides is 1. The Labute approximate surface area is 328 Å². The average Bonchev–Trinajstić information content (AvgIpc) is 3.79. The standard InChI is InChI=1S/C44H41N3O6S2/c1-4-5-10-24-52-36-23-20-31(25-37(36)51-3)39-38(40(48)30-18-21-34(22-19-30)53-26-32-14-7-6-12-28(32)2)41(49)42(50)47(39)43-45-46-44(55-43)54-27-33-16-11-15-29-13-8-9-17-35(29)33/h6-9,11-23,25,39,48H,4-5,10,24,26-27H2,1-3H3. The molecule has 7 rings (SSSR count). The van der Waals surface area contributed by atoms with Crippen LogP contribution in [0.15, 0.2) is 119 Å². The number of aromatic nitrogens is 2. The minimum absolute atomic E-state index is 0.0718. The molecule has 55 heavy (non-hydrogen) atoms. The minimum atomic E-state index is -1.02. The highest BCUT2D eigenvalue weighted by Gasteiger charge is 2.48. The number of benzene rings is 5. The predicted octanol–water partition coefficient (Wildman–Crippen LogP) is 10.1. The molecule has 1 unspecified atom stereocenters. The van der Waals surface area contributed by atoms with Crippen molar-refractivity contribution in [3.05, 3.63) is 143 Å². The van der Waals surface area contributed by atoms with Crippen molar-refractivity contribution in [1.29, 1.82) is 0 Å². The summed E-state index contributed by atoms with van der Waals surface area (Å²) in [5, 5.41) is 23.2. The zero-order chi connectivity index (χ0) is 38.3. The number of anilines is 1. The molecule has 9 nitrogen and oxygen atoms in total. The van der Waals surface area contributed by atoms with Crippen LogP contribution in [0.3, 0.4) is 0 Å². The van der Waals surface area contributed by atoms with Crippen molar-refractivity contribution in [2.45, 2.75) is 55.9 Å². The fourth-order valence-electron chi connectivity index (χ4n) is 6.57. The van der Waals surface area contributed by atoms with Gasteiger partial charge in [-0.05, 0) is 82.8 Å². The van der Waals surface area contributed by atoms with Crippen molar-refractivity contribution in [3.8, 4) is 17.2 Å². The van der Waals surface area contributed by atoms with E-state index in [2.05, 4.69) is 41.4 Å². The second-order valence-corrected chi connectivity index (χ2v) is 15.3. The van der Waals surface area contributed by atoms with Gasteiger partial charge in [-0.2, -0.15) is 0 Å². The Balaban J connectivity index is 1.21. The Morgan fingerprint density at radius 2 is 1.62 bits per heavy atom. The second-order valence-electron chi connectivity index (χ2n) is 13.2. The summed E-state index contributed by atoms with van der Waals surface area (Å²) in [5.74, 6) is 0.261. The molecule has 6 aromatic rings. The van der Waals surface area contributed by atoms with Crippen LogP contribution < -0.4 is 19.1 Å². The first-order chi connectivity index (χ1) is 26.9. The number of carbonyl (C=O) groups excluding carboxylic acids is 2. The van der Waals surface area contributed by atoms with Crippen molar-refractivity contribution in [1.82, 2.24) is 10.2 Å². The normalized spacial score (nSPS) is 15.1. The van der Waals surface area contributed by atoms with E-state index in [-0.39, 0.29) is 16.5 Å². The number of rotatable bonds is 15.